The minimum Gasteiger partial charge on any atom is -0.383 e. The van der Waals surface area contributed by atoms with E-state index >= 15 is 0 Å². The van der Waals surface area contributed by atoms with E-state index in [0.717, 1.165) is 36.2 Å². The van der Waals surface area contributed by atoms with Crippen molar-refractivity contribution in [2.45, 2.75) is 44.6 Å². The van der Waals surface area contributed by atoms with Gasteiger partial charge in [-0.05, 0) is 52.0 Å². The van der Waals surface area contributed by atoms with E-state index in [4.69, 9.17) is 4.74 Å². The predicted octanol–water partition coefficient (Wildman–Crippen LogP) is 3.05. The zero-order chi connectivity index (χ0) is 20.5. The molecule has 0 bridgehead atoms. The number of hydrogen-bond donors (Lipinski definition) is 1. The van der Waals surface area contributed by atoms with Gasteiger partial charge in [-0.1, -0.05) is 11.8 Å². The number of amides is 1. The molecule has 2 rings (SSSR count). The third-order valence-corrected chi connectivity index (χ3v) is 5.62. The maximum Gasteiger partial charge on any atom is 0.233 e. The van der Waals surface area contributed by atoms with Crippen LogP contribution in [0.2, 0.25) is 0 Å². The summed E-state index contributed by atoms with van der Waals surface area (Å²) in [5.74, 6) is 0.793. The second kappa shape index (κ2) is 11.1. The van der Waals surface area contributed by atoms with Gasteiger partial charge in [0.15, 0.2) is 11.0 Å². The fourth-order valence-electron chi connectivity index (χ4n) is 2.92. The number of carbonyl (C=O) groups excluding carboxylic acids is 1. The molecule has 7 nitrogen and oxygen atoms in total. The molecule has 1 heterocycles. The maximum atomic E-state index is 12.2. The minimum absolute atomic E-state index is 0.0298. The molecule has 0 radical (unpaired) electrons. The van der Waals surface area contributed by atoms with Crippen LogP contribution in [0.4, 0.5) is 5.69 Å². The zero-order valence-corrected chi connectivity index (χ0v) is 18.3. The quantitative estimate of drug-likeness (QED) is 0.458. The fraction of sp³-hybridized carbons (Fsp3) is 0.550. The molecule has 0 aliphatic carbocycles. The Bertz CT molecular complexity index is 744. The van der Waals surface area contributed by atoms with Crippen molar-refractivity contribution < 1.29 is 9.53 Å². The average Bonchev–Trinajstić information content (AvgIpc) is 3.12. The lowest BCUT2D eigenvalue weighted by atomic mass is 10.2. The van der Waals surface area contributed by atoms with Crippen LogP contribution in [0.15, 0.2) is 29.4 Å². The molecule has 0 aliphatic heterocycles. The van der Waals surface area contributed by atoms with Gasteiger partial charge in [0.25, 0.3) is 0 Å². The highest BCUT2D eigenvalue weighted by atomic mass is 32.2. The van der Waals surface area contributed by atoms with Crippen LogP contribution in [0, 0.1) is 0 Å². The first-order valence-electron chi connectivity index (χ1n) is 9.77. The second-order valence-corrected chi connectivity index (χ2v) is 7.62. The maximum absolute atomic E-state index is 12.2. The molecule has 0 unspecified atom stereocenters. The van der Waals surface area contributed by atoms with Crippen molar-refractivity contribution in [2.24, 2.45) is 0 Å². The Morgan fingerprint density at radius 3 is 2.46 bits per heavy atom. The Labute approximate surface area is 171 Å². The zero-order valence-electron chi connectivity index (χ0n) is 17.4. The van der Waals surface area contributed by atoms with Gasteiger partial charge in [-0.25, -0.2) is 0 Å². The molecule has 1 aromatic heterocycles. The molecule has 0 spiro atoms. The van der Waals surface area contributed by atoms with Crippen molar-refractivity contribution in [1.82, 2.24) is 20.1 Å². The van der Waals surface area contributed by atoms with E-state index < -0.39 is 0 Å². The number of hydrogen-bond acceptors (Lipinski definition) is 6. The van der Waals surface area contributed by atoms with Gasteiger partial charge in [0.1, 0.15) is 0 Å². The summed E-state index contributed by atoms with van der Waals surface area (Å²) in [5.41, 5.74) is 2.22. The van der Waals surface area contributed by atoms with Crippen molar-refractivity contribution in [3.05, 3.63) is 24.3 Å². The number of methoxy groups -OCH3 is 1. The molecular weight excluding hydrogens is 374 g/mol. The number of nitrogens with zero attached hydrogens (tertiary/aromatic N) is 4. The molecule has 0 fully saturated rings. The van der Waals surface area contributed by atoms with Crippen molar-refractivity contribution in [1.29, 1.82) is 0 Å². The van der Waals surface area contributed by atoms with Crippen molar-refractivity contribution in [3.63, 3.8) is 0 Å². The van der Waals surface area contributed by atoms with E-state index in [1.165, 1.54) is 17.4 Å². The SMILES string of the molecule is CCN(CC)c1ccc(-c2nnc(S[C@@H](C)C(=O)NCCOC)n2CC)cc1. The lowest BCUT2D eigenvalue weighted by Gasteiger charge is -2.21. The molecule has 2 aromatic rings. The fourth-order valence-corrected chi connectivity index (χ4v) is 3.85. The van der Waals surface area contributed by atoms with Crippen LogP contribution in [0.1, 0.15) is 27.7 Å². The average molecular weight is 406 g/mol. The third kappa shape index (κ3) is 5.48. The number of aromatic nitrogens is 3. The Kier molecular flexibility index (Phi) is 8.79. The topological polar surface area (TPSA) is 72.3 Å². The number of benzene rings is 1. The van der Waals surface area contributed by atoms with Gasteiger partial charge in [-0.3, -0.25) is 4.79 Å². The van der Waals surface area contributed by atoms with Gasteiger partial charge < -0.3 is 19.5 Å². The molecule has 0 aliphatic rings. The van der Waals surface area contributed by atoms with Crippen LogP contribution < -0.4 is 10.2 Å². The molecule has 0 saturated heterocycles. The summed E-state index contributed by atoms with van der Waals surface area (Å²) in [4.78, 5) is 14.5. The number of rotatable bonds is 11. The molecule has 8 heteroatoms. The van der Waals surface area contributed by atoms with Crippen LogP contribution in [0.5, 0.6) is 0 Å². The molecule has 1 aromatic carbocycles. The summed E-state index contributed by atoms with van der Waals surface area (Å²) < 4.78 is 7.02. The largest absolute Gasteiger partial charge is 0.383 e. The number of thioether (sulfide) groups is 1. The van der Waals surface area contributed by atoms with Crippen LogP contribution in [0.25, 0.3) is 11.4 Å². The van der Waals surface area contributed by atoms with Crippen molar-refractivity contribution in [3.8, 4) is 11.4 Å². The van der Waals surface area contributed by atoms with Gasteiger partial charge in [0.2, 0.25) is 5.91 Å². The monoisotopic (exact) mass is 405 g/mol. The van der Waals surface area contributed by atoms with Crippen LogP contribution in [-0.2, 0) is 16.1 Å². The number of ether oxygens (including phenoxy) is 1. The Morgan fingerprint density at radius 2 is 1.89 bits per heavy atom. The summed E-state index contributed by atoms with van der Waals surface area (Å²) in [6, 6.07) is 8.41. The molecule has 1 N–H and O–H groups in total. The van der Waals surface area contributed by atoms with E-state index in [9.17, 15) is 4.79 Å². The number of carbonyl (C=O) groups is 1. The summed E-state index contributed by atoms with van der Waals surface area (Å²) >= 11 is 1.42. The van der Waals surface area contributed by atoms with Crippen LogP contribution >= 0.6 is 11.8 Å². The molecule has 1 atom stereocenters. The van der Waals surface area contributed by atoms with Crippen LogP contribution in [0.3, 0.4) is 0 Å². The van der Waals surface area contributed by atoms with Crippen molar-refractivity contribution >= 4 is 23.4 Å². The smallest absolute Gasteiger partial charge is 0.233 e. The summed E-state index contributed by atoms with van der Waals surface area (Å²) in [7, 11) is 1.62. The van der Waals surface area contributed by atoms with E-state index in [1.54, 1.807) is 7.11 Å². The number of nitrogens with one attached hydrogen (secondary N) is 1. The molecule has 1 amide bonds. The first kappa shape index (κ1) is 22.2. The molecule has 28 heavy (non-hydrogen) atoms. The highest BCUT2D eigenvalue weighted by Gasteiger charge is 2.20. The normalized spacial score (nSPS) is 12.0. The lowest BCUT2D eigenvalue weighted by molar-refractivity contribution is -0.120. The second-order valence-electron chi connectivity index (χ2n) is 6.31. The minimum atomic E-state index is -0.260. The Morgan fingerprint density at radius 1 is 1.21 bits per heavy atom. The first-order chi connectivity index (χ1) is 13.5. The molecule has 154 valence electrons. The van der Waals surface area contributed by atoms with E-state index in [0.29, 0.717) is 13.2 Å². The highest BCUT2D eigenvalue weighted by Crippen LogP contribution is 2.28. The third-order valence-electron chi connectivity index (χ3n) is 4.54. The van der Waals surface area contributed by atoms with E-state index in [-0.39, 0.29) is 11.2 Å². The van der Waals surface area contributed by atoms with Crippen molar-refractivity contribution in [2.75, 3.05) is 38.3 Å². The van der Waals surface area contributed by atoms with E-state index in [2.05, 4.69) is 70.0 Å². The van der Waals surface area contributed by atoms with Gasteiger partial charge in [-0.2, -0.15) is 0 Å². The number of anilines is 1. The summed E-state index contributed by atoms with van der Waals surface area (Å²) in [6.07, 6.45) is 0. The summed E-state index contributed by atoms with van der Waals surface area (Å²) in [5, 5.41) is 12.1. The Balaban J connectivity index is 2.14. The molecule has 0 saturated carbocycles. The van der Waals surface area contributed by atoms with Crippen LogP contribution in [-0.4, -0.2) is 59.3 Å². The highest BCUT2D eigenvalue weighted by molar-refractivity contribution is 8.00. The van der Waals surface area contributed by atoms with Gasteiger partial charge in [0, 0.05) is 44.5 Å². The standard InChI is InChI=1S/C20H31N5O2S/c1-6-24(7-2)17-11-9-16(10-12-17)18-22-23-20(25(18)8-3)28-15(4)19(26)21-13-14-27-5/h9-12,15H,6-8,13-14H2,1-5H3,(H,21,26)/t15-/m0/s1. The molecular formula is C20H31N5O2S. The first-order valence-corrected chi connectivity index (χ1v) is 10.6. The Hall–Kier alpha value is -2.06. The van der Waals surface area contributed by atoms with Gasteiger partial charge in [-0.15, -0.1) is 10.2 Å². The van der Waals surface area contributed by atoms with Gasteiger partial charge >= 0.3 is 0 Å². The van der Waals surface area contributed by atoms with E-state index in [1.807, 2.05) is 6.92 Å². The predicted molar refractivity (Wildman–Crippen MR) is 115 cm³/mol. The van der Waals surface area contributed by atoms with Gasteiger partial charge in [0.05, 0.1) is 11.9 Å². The summed E-state index contributed by atoms with van der Waals surface area (Å²) in [6.45, 7) is 11.9. The lowest BCUT2D eigenvalue weighted by Crippen LogP contribution is -2.33.